The summed E-state index contributed by atoms with van der Waals surface area (Å²) in [6.07, 6.45) is 0. The standard InChI is InChI=1S/C13H9Cl2NO3/c14-7-1-3-9(12(18)5-7)13(19)16-11-4-2-8(17)6-10(11)15/h1-6,17-18H,(H,16,19). The van der Waals surface area contributed by atoms with Crippen molar-refractivity contribution in [1.29, 1.82) is 0 Å². The Morgan fingerprint density at radius 2 is 1.79 bits per heavy atom. The first-order valence-corrected chi connectivity index (χ1v) is 6.01. The second-order valence-electron chi connectivity index (χ2n) is 3.78. The second kappa shape index (κ2) is 5.38. The lowest BCUT2D eigenvalue weighted by atomic mass is 10.2. The molecule has 0 aliphatic rings. The van der Waals surface area contributed by atoms with Crippen molar-refractivity contribution < 1.29 is 15.0 Å². The molecule has 0 bridgehead atoms. The Hall–Kier alpha value is -1.91. The van der Waals surface area contributed by atoms with Crippen molar-refractivity contribution in [2.45, 2.75) is 0 Å². The Kier molecular flexibility index (Phi) is 3.83. The van der Waals surface area contributed by atoms with E-state index in [0.717, 1.165) is 0 Å². The molecule has 2 aromatic rings. The van der Waals surface area contributed by atoms with Crippen LogP contribution in [0.3, 0.4) is 0 Å². The lowest BCUT2D eigenvalue weighted by Gasteiger charge is -2.08. The molecule has 19 heavy (non-hydrogen) atoms. The molecule has 0 aromatic heterocycles. The minimum Gasteiger partial charge on any atom is -0.508 e. The zero-order chi connectivity index (χ0) is 14.0. The number of rotatable bonds is 2. The Balaban J connectivity index is 2.25. The molecular formula is C13H9Cl2NO3. The van der Waals surface area contributed by atoms with Gasteiger partial charge in [0.2, 0.25) is 0 Å². The summed E-state index contributed by atoms with van der Waals surface area (Å²) in [5, 5.41) is 21.9. The summed E-state index contributed by atoms with van der Waals surface area (Å²) in [6, 6.07) is 8.33. The predicted molar refractivity (Wildman–Crippen MR) is 74.2 cm³/mol. The molecule has 1 amide bonds. The summed E-state index contributed by atoms with van der Waals surface area (Å²) in [5.41, 5.74) is 0.410. The van der Waals surface area contributed by atoms with Crippen molar-refractivity contribution in [3.63, 3.8) is 0 Å². The zero-order valence-electron chi connectivity index (χ0n) is 9.52. The van der Waals surface area contributed by atoms with Crippen LogP contribution in [0.1, 0.15) is 10.4 Å². The monoisotopic (exact) mass is 297 g/mol. The van der Waals surface area contributed by atoms with Gasteiger partial charge in [0, 0.05) is 11.1 Å². The van der Waals surface area contributed by atoms with Gasteiger partial charge in [-0.2, -0.15) is 0 Å². The molecule has 0 saturated heterocycles. The van der Waals surface area contributed by atoms with Crippen LogP contribution in [0.4, 0.5) is 5.69 Å². The summed E-state index contributed by atoms with van der Waals surface area (Å²) < 4.78 is 0. The normalized spacial score (nSPS) is 10.2. The van der Waals surface area contributed by atoms with Crippen LogP contribution in [0.2, 0.25) is 10.0 Å². The Morgan fingerprint density at radius 1 is 1.05 bits per heavy atom. The lowest BCUT2D eigenvalue weighted by Crippen LogP contribution is -2.12. The second-order valence-corrected chi connectivity index (χ2v) is 4.62. The third-order valence-electron chi connectivity index (χ3n) is 2.41. The predicted octanol–water partition coefficient (Wildman–Crippen LogP) is 3.66. The summed E-state index contributed by atoms with van der Waals surface area (Å²) >= 11 is 11.6. The number of carbonyl (C=O) groups is 1. The molecule has 6 heteroatoms. The number of nitrogens with one attached hydrogen (secondary N) is 1. The number of amides is 1. The highest BCUT2D eigenvalue weighted by Crippen LogP contribution is 2.28. The number of benzene rings is 2. The molecule has 2 aromatic carbocycles. The molecule has 3 N–H and O–H groups in total. The van der Waals surface area contributed by atoms with Gasteiger partial charge in [0.1, 0.15) is 11.5 Å². The molecule has 0 aliphatic heterocycles. The summed E-state index contributed by atoms with van der Waals surface area (Å²) in [6.45, 7) is 0. The van der Waals surface area contributed by atoms with E-state index in [-0.39, 0.29) is 22.1 Å². The highest BCUT2D eigenvalue weighted by atomic mass is 35.5. The molecule has 0 unspecified atom stereocenters. The van der Waals surface area contributed by atoms with Gasteiger partial charge in [-0.25, -0.2) is 0 Å². The Bertz CT molecular complexity index is 644. The van der Waals surface area contributed by atoms with Crippen LogP contribution in [-0.2, 0) is 0 Å². The van der Waals surface area contributed by atoms with Gasteiger partial charge in [-0.05, 0) is 30.3 Å². The van der Waals surface area contributed by atoms with Crippen molar-refractivity contribution in [2.75, 3.05) is 5.32 Å². The molecule has 0 aliphatic carbocycles. The fraction of sp³-hybridized carbons (Fsp3) is 0. The minimum absolute atomic E-state index is 0.00246. The number of phenols is 2. The quantitative estimate of drug-likeness (QED) is 0.741. The van der Waals surface area contributed by atoms with Crippen molar-refractivity contribution in [1.82, 2.24) is 0 Å². The summed E-state index contributed by atoms with van der Waals surface area (Å²) in [7, 11) is 0. The SMILES string of the molecule is O=C(Nc1ccc(O)cc1Cl)c1ccc(Cl)cc1O. The van der Waals surface area contributed by atoms with Gasteiger partial charge >= 0.3 is 0 Å². The fourth-order valence-electron chi connectivity index (χ4n) is 1.49. The highest BCUT2D eigenvalue weighted by Gasteiger charge is 2.13. The van der Waals surface area contributed by atoms with Gasteiger partial charge in [0.25, 0.3) is 5.91 Å². The molecule has 0 fully saturated rings. The van der Waals surface area contributed by atoms with E-state index in [1.807, 2.05) is 0 Å². The van der Waals surface area contributed by atoms with E-state index in [1.54, 1.807) is 0 Å². The van der Waals surface area contributed by atoms with Crippen LogP contribution in [-0.4, -0.2) is 16.1 Å². The molecule has 0 heterocycles. The third-order valence-corrected chi connectivity index (χ3v) is 2.95. The molecule has 0 atom stereocenters. The maximum absolute atomic E-state index is 11.9. The zero-order valence-corrected chi connectivity index (χ0v) is 11.0. The largest absolute Gasteiger partial charge is 0.508 e. The fourth-order valence-corrected chi connectivity index (χ4v) is 1.88. The molecule has 98 valence electrons. The van der Waals surface area contributed by atoms with Gasteiger partial charge in [-0.3, -0.25) is 4.79 Å². The minimum atomic E-state index is -0.526. The van der Waals surface area contributed by atoms with E-state index in [2.05, 4.69) is 5.32 Å². The average molecular weight is 298 g/mol. The first kappa shape index (κ1) is 13.5. The van der Waals surface area contributed by atoms with E-state index < -0.39 is 5.91 Å². The van der Waals surface area contributed by atoms with Crippen molar-refractivity contribution >= 4 is 34.8 Å². The Labute approximate surface area is 119 Å². The van der Waals surface area contributed by atoms with Gasteiger partial charge in [0.15, 0.2) is 0 Å². The smallest absolute Gasteiger partial charge is 0.259 e. The molecule has 2 rings (SSSR count). The number of hydrogen-bond donors (Lipinski definition) is 3. The third kappa shape index (κ3) is 3.10. The maximum Gasteiger partial charge on any atom is 0.259 e. The van der Waals surface area contributed by atoms with E-state index in [1.165, 1.54) is 36.4 Å². The van der Waals surface area contributed by atoms with E-state index in [0.29, 0.717) is 10.7 Å². The van der Waals surface area contributed by atoms with Crippen LogP contribution in [0, 0.1) is 0 Å². The molecular weight excluding hydrogens is 289 g/mol. The average Bonchev–Trinajstić information content (AvgIpc) is 2.32. The van der Waals surface area contributed by atoms with E-state index in [9.17, 15) is 15.0 Å². The van der Waals surface area contributed by atoms with Crippen LogP contribution >= 0.6 is 23.2 Å². The van der Waals surface area contributed by atoms with Crippen LogP contribution < -0.4 is 5.32 Å². The summed E-state index contributed by atoms with van der Waals surface area (Å²) in [4.78, 5) is 11.9. The lowest BCUT2D eigenvalue weighted by molar-refractivity contribution is 0.102. The van der Waals surface area contributed by atoms with Crippen molar-refractivity contribution in [3.8, 4) is 11.5 Å². The van der Waals surface area contributed by atoms with Crippen LogP contribution in [0.5, 0.6) is 11.5 Å². The topological polar surface area (TPSA) is 69.6 Å². The van der Waals surface area contributed by atoms with Gasteiger partial charge in [-0.1, -0.05) is 23.2 Å². The molecule has 0 radical (unpaired) electrons. The number of hydrogen-bond acceptors (Lipinski definition) is 3. The number of halogens is 2. The van der Waals surface area contributed by atoms with Crippen molar-refractivity contribution in [3.05, 3.63) is 52.0 Å². The summed E-state index contributed by atoms with van der Waals surface area (Å²) in [5.74, 6) is -0.751. The van der Waals surface area contributed by atoms with Crippen LogP contribution in [0.25, 0.3) is 0 Å². The number of anilines is 1. The highest BCUT2D eigenvalue weighted by molar-refractivity contribution is 6.34. The molecule has 0 saturated carbocycles. The van der Waals surface area contributed by atoms with Gasteiger partial charge in [0.05, 0.1) is 16.3 Å². The maximum atomic E-state index is 11.9. The Morgan fingerprint density at radius 3 is 2.42 bits per heavy atom. The molecule has 0 spiro atoms. The number of carbonyl (C=O) groups excluding carboxylic acids is 1. The van der Waals surface area contributed by atoms with Gasteiger partial charge in [-0.15, -0.1) is 0 Å². The molecule has 4 nitrogen and oxygen atoms in total. The number of phenolic OH excluding ortho intramolecular Hbond substituents is 2. The number of aromatic hydroxyl groups is 2. The first-order chi connectivity index (χ1) is 8.97. The van der Waals surface area contributed by atoms with Gasteiger partial charge < -0.3 is 15.5 Å². The van der Waals surface area contributed by atoms with E-state index >= 15 is 0 Å². The first-order valence-electron chi connectivity index (χ1n) is 5.26. The van der Waals surface area contributed by atoms with Crippen LogP contribution in [0.15, 0.2) is 36.4 Å². The van der Waals surface area contributed by atoms with E-state index in [4.69, 9.17) is 23.2 Å². The van der Waals surface area contributed by atoms with Crippen molar-refractivity contribution in [2.24, 2.45) is 0 Å².